The Hall–Kier alpha value is -1.33. The van der Waals surface area contributed by atoms with Gasteiger partial charge in [-0.3, -0.25) is 4.79 Å². The fourth-order valence-electron chi connectivity index (χ4n) is 1.81. The molecule has 0 bridgehead atoms. The maximum atomic E-state index is 12.5. The van der Waals surface area contributed by atoms with Crippen molar-refractivity contribution in [2.24, 2.45) is 0 Å². The second-order valence-electron chi connectivity index (χ2n) is 4.43. The topological polar surface area (TPSA) is 65.5 Å². The van der Waals surface area contributed by atoms with Crippen molar-refractivity contribution in [2.45, 2.75) is 26.7 Å². The minimum atomic E-state index is -0.239. The lowest BCUT2D eigenvalue weighted by molar-refractivity contribution is 0.0714. The second kappa shape index (κ2) is 8.76. The number of carbonyl (C=O) groups is 1. The third-order valence-corrected chi connectivity index (χ3v) is 3.15. The highest BCUT2D eigenvalue weighted by molar-refractivity contribution is 6.33. The fraction of sp³-hybridized carbons (Fsp3) is 0.571. The van der Waals surface area contributed by atoms with Gasteiger partial charge in [-0.2, -0.15) is 0 Å². The van der Waals surface area contributed by atoms with Gasteiger partial charge < -0.3 is 15.3 Å². The Morgan fingerprint density at radius 3 is 2.75 bits per heavy atom. The minimum absolute atomic E-state index is 0.0695. The standard InChI is InChI=1S/C14H22ClN3O2/c1-3-5-8-18(9-10-19)14(20)13-11(15)6-7-12(17-13)16-4-2/h6-7,19H,3-5,8-10H2,1-2H3,(H,16,17). The van der Waals surface area contributed by atoms with Crippen molar-refractivity contribution in [3.8, 4) is 0 Å². The Kier molecular flexibility index (Phi) is 7.33. The molecule has 1 heterocycles. The van der Waals surface area contributed by atoms with Gasteiger partial charge in [-0.25, -0.2) is 4.98 Å². The molecule has 1 rings (SSSR count). The average molecular weight is 300 g/mol. The van der Waals surface area contributed by atoms with Crippen LogP contribution >= 0.6 is 11.6 Å². The smallest absolute Gasteiger partial charge is 0.274 e. The number of pyridine rings is 1. The van der Waals surface area contributed by atoms with Gasteiger partial charge in [-0.15, -0.1) is 0 Å². The molecule has 0 aliphatic rings. The van der Waals surface area contributed by atoms with E-state index in [0.29, 0.717) is 23.9 Å². The zero-order valence-electron chi connectivity index (χ0n) is 12.0. The molecule has 5 nitrogen and oxygen atoms in total. The molecular weight excluding hydrogens is 278 g/mol. The number of hydrogen-bond donors (Lipinski definition) is 2. The van der Waals surface area contributed by atoms with Crippen LogP contribution < -0.4 is 5.32 Å². The molecular formula is C14H22ClN3O2. The van der Waals surface area contributed by atoms with Crippen molar-refractivity contribution in [1.29, 1.82) is 0 Å². The maximum absolute atomic E-state index is 12.5. The Bertz CT molecular complexity index is 440. The Labute approximate surface area is 125 Å². The first-order chi connectivity index (χ1) is 9.63. The lowest BCUT2D eigenvalue weighted by atomic mass is 10.2. The van der Waals surface area contributed by atoms with Crippen LogP contribution in [0.1, 0.15) is 37.2 Å². The van der Waals surface area contributed by atoms with Crippen LogP contribution in [-0.4, -0.2) is 47.1 Å². The van der Waals surface area contributed by atoms with E-state index in [1.807, 2.05) is 6.92 Å². The quantitative estimate of drug-likeness (QED) is 0.773. The molecule has 0 aromatic carbocycles. The van der Waals surface area contributed by atoms with Crippen LogP contribution in [0.5, 0.6) is 0 Å². The molecule has 0 radical (unpaired) electrons. The molecule has 0 saturated carbocycles. The molecule has 0 unspecified atom stereocenters. The van der Waals surface area contributed by atoms with Crippen molar-refractivity contribution in [1.82, 2.24) is 9.88 Å². The lowest BCUT2D eigenvalue weighted by Crippen LogP contribution is -2.35. The molecule has 0 fully saturated rings. The SMILES string of the molecule is CCCCN(CCO)C(=O)c1nc(NCC)ccc1Cl. The van der Waals surface area contributed by atoms with E-state index in [1.165, 1.54) is 0 Å². The molecule has 0 saturated heterocycles. The first-order valence-electron chi connectivity index (χ1n) is 6.94. The van der Waals surface area contributed by atoms with Gasteiger partial charge in [0.2, 0.25) is 0 Å². The molecule has 2 N–H and O–H groups in total. The van der Waals surface area contributed by atoms with Crippen molar-refractivity contribution >= 4 is 23.3 Å². The van der Waals surface area contributed by atoms with E-state index in [-0.39, 0.29) is 18.2 Å². The van der Waals surface area contributed by atoms with E-state index in [0.717, 1.165) is 19.4 Å². The zero-order valence-corrected chi connectivity index (χ0v) is 12.8. The van der Waals surface area contributed by atoms with Gasteiger partial charge in [-0.1, -0.05) is 24.9 Å². The molecule has 6 heteroatoms. The molecule has 1 amide bonds. The minimum Gasteiger partial charge on any atom is -0.395 e. The first kappa shape index (κ1) is 16.7. The summed E-state index contributed by atoms with van der Waals surface area (Å²) in [6, 6.07) is 3.40. The van der Waals surface area contributed by atoms with E-state index in [4.69, 9.17) is 16.7 Å². The van der Waals surface area contributed by atoms with Gasteiger partial charge in [0.15, 0.2) is 0 Å². The summed E-state index contributed by atoms with van der Waals surface area (Å²) in [4.78, 5) is 18.3. The number of anilines is 1. The van der Waals surface area contributed by atoms with Crippen LogP contribution in [0.15, 0.2) is 12.1 Å². The number of amides is 1. The Morgan fingerprint density at radius 1 is 1.40 bits per heavy atom. The number of carbonyl (C=O) groups excluding carboxylic acids is 1. The highest BCUT2D eigenvalue weighted by Gasteiger charge is 2.19. The third-order valence-electron chi connectivity index (χ3n) is 2.85. The van der Waals surface area contributed by atoms with E-state index >= 15 is 0 Å². The number of halogens is 1. The molecule has 0 aliphatic heterocycles. The van der Waals surface area contributed by atoms with Crippen molar-refractivity contribution in [3.05, 3.63) is 22.8 Å². The predicted octanol–water partition coefficient (Wildman–Crippen LogP) is 2.40. The predicted molar refractivity (Wildman–Crippen MR) is 81.3 cm³/mol. The Balaban J connectivity index is 2.94. The van der Waals surface area contributed by atoms with Crippen LogP contribution in [0.3, 0.4) is 0 Å². The van der Waals surface area contributed by atoms with E-state index in [1.54, 1.807) is 17.0 Å². The van der Waals surface area contributed by atoms with Gasteiger partial charge in [-0.05, 0) is 25.5 Å². The van der Waals surface area contributed by atoms with Gasteiger partial charge in [0.05, 0.1) is 11.6 Å². The van der Waals surface area contributed by atoms with Crippen LogP contribution in [-0.2, 0) is 0 Å². The van der Waals surface area contributed by atoms with Gasteiger partial charge in [0.1, 0.15) is 11.5 Å². The number of hydrogen-bond acceptors (Lipinski definition) is 4. The second-order valence-corrected chi connectivity index (χ2v) is 4.83. The molecule has 0 aliphatic carbocycles. The third kappa shape index (κ3) is 4.65. The normalized spacial score (nSPS) is 10.4. The highest BCUT2D eigenvalue weighted by atomic mass is 35.5. The summed E-state index contributed by atoms with van der Waals surface area (Å²) in [6.45, 7) is 5.55. The van der Waals surface area contributed by atoms with Gasteiger partial charge >= 0.3 is 0 Å². The summed E-state index contributed by atoms with van der Waals surface area (Å²) in [7, 11) is 0. The van der Waals surface area contributed by atoms with Crippen LogP contribution in [0.25, 0.3) is 0 Å². The van der Waals surface area contributed by atoms with Crippen molar-refractivity contribution < 1.29 is 9.90 Å². The Morgan fingerprint density at radius 2 is 2.15 bits per heavy atom. The molecule has 0 spiro atoms. The lowest BCUT2D eigenvalue weighted by Gasteiger charge is -2.21. The van der Waals surface area contributed by atoms with Gasteiger partial charge in [0, 0.05) is 19.6 Å². The van der Waals surface area contributed by atoms with Crippen LogP contribution in [0, 0.1) is 0 Å². The number of unbranched alkanes of at least 4 members (excludes halogenated alkanes) is 1. The number of aliphatic hydroxyl groups is 1. The first-order valence-corrected chi connectivity index (χ1v) is 7.32. The molecule has 1 aromatic heterocycles. The summed E-state index contributed by atoms with van der Waals surface area (Å²) in [5.74, 6) is 0.386. The summed E-state index contributed by atoms with van der Waals surface area (Å²) in [6.07, 6.45) is 1.87. The largest absolute Gasteiger partial charge is 0.395 e. The molecule has 112 valence electrons. The number of aliphatic hydroxyl groups excluding tert-OH is 1. The average Bonchev–Trinajstić information content (AvgIpc) is 2.45. The van der Waals surface area contributed by atoms with E-state index in [9.17, 15) is 4.79 Å². The van der Waals surface area contributed by atoms with E-state index in [2.05, 4.69) is 17.2 Å². The molecule has 1 aromatic rings. The fourth-order valence-corrected chi connectivity index (χ4v) is 1.99. The summed E-state index contributed by atoms with van der Waals surface area (Å²) in [5, 5.41) is 12.5. The number of aromatic nitrogens is 1. The van der Waals surface area contributed by atoms with Crippen molar-refractivity contribution in [2.75, 3.05) is 31.6 Å². The number of nitrogens with one attached hydrogen (secondary N) is 1. The summed E-state index contributed by atoms with van der Waals surface area (Å²) >= 11 is 6.07. The van der Waals surface area contributed by atoms with Crippen LogP contribution in [0.2, 0.25) is 5.02 Å². The summed E-state index contributed by atoms with van der Waals surface area (Å²) in [5.41, 5.74) is 0.231. The molecule has 0 atom stereocenters. The van der Waals surface area contributed by atoms with E-state index < -0.39 is 0 Å². The molecule has 20 heavy (non-hydrogen) atoms. The maximum Gasteiger partial charge on any atom is 0.274 e. The number of nitrogens with zero attached hydrogens (tertiary/aromatic N) is 2. The summed E-state index contributed by atoms with van der Waals surface area (Å²) < 4.78 is 0. The monoisotopic (exact) mass is 299 g/mol. The van der Waals surface area contributed by atoms with Gasteiger partial charge in [0.25, 0.3) is 5.91 Å². The number of rotatable bonds is 8. The highest BCUT2D eigenvalue weighted by Crippen LogP contribution is 2.18. The zero-order chi connectivity index (χ0) is 15.0. The van der Waals surface area contributed by atoms with Crippen molar-refractivity contribution in [3.63, 3.8) is 0 Å². The van der Waals surface area contributed by atoms with Crippen LogP contribution in [0.4, 0.5) is 5.82 Å².